The quantitative estimate of drug-likeness (QED) is 0.128. The van der Waals surface area contributed by atoms with E-state index in [1.807, 2.05) is 48.5 Å². The number of aliphatic hydroxyl groups excluding tert-OH is 1. The van der Waals surface area contributed by atoms with E-state index in [9.17, 15) is 14.4 Å². The van der Waals surface area contributed by atoms with Crippen LogP contribution in [0.25, 0.3) is 0 Å². The third kappa shape index (κ3) is 15.3. The molecule has 3 atom stereocenters. The maximum absolute atomic E-state index is 12.5. The van der Waals surface area contributed by atoms with Gasteiger partial charge in [0.2, 0.25) is 0 Å². The molecule has 4 saturated carbocycles. The molecule has 54 heavy (non-hydrogen) atoms. The number of halogens is 1. The van der Waals surface area contributed by atoms with E-state index >= 15 is 0 Å². The summed E-state index contributed by atoms with van der Waals surface area (Å²) in [5.41, 5.74) is 2.04. The number of hydrogen-bond acceptors (Lipinski definition) is 7. The second kappa shape index (κ2) is 24.1. The zero-order chi connectivity index (χ0) is 38.5. The number of rotatable bonds is 11. The van der Waals surface area contributed by atoms with Crippen molar-refractivity contribution in [1.29, 1.82) is 0 Å². The van der Waals surface area contributed by atoms with Gasteiger partial charge in [-0.05, 0) is 80.9 Å². The van der Waals surface area contributed by atoms with Crippen molar-refractivity contribution in [2.24, 2.45) is 0 Å². The lowest BCUT2D eigenvalue weighted by molar-refractivity contribution is -0.167. The standard InChI is InChI=1S/C18H24O3.C13H16O3.C8H8O3.C5H9Br/c19-18(21-16-12-6-7-13-16)17(14-8-2-1-3-9-14)20-15-10-4-5-11-15;14-13(15)12(10-6-2-1-3-7-10)16-11-8-4-5-9-11;9-7(8(10)11)6-4-2-1-3-5-6;6-5-3-1-2-4-5/h1-3,8-9,15-17H,4-7,10-13H2;1-3,6-7,11-12H,4-5,8-9H2,(H,14,15);1-5,7,9H,(H,10,11);5H,1-4H2/t17-;12-;7-;/m000./s1. The van der Waals surface area contributed by atoms with Gasteiger partial charge < -0.3 is 29.5 Å². The van der Waals surface area contributed by atoms with Crippen molar-refractivity contribution in [3.8, 4) is 0 Å². The Balaban J connectivity index is 0.000000174. The van der Waals surface area contributed by atoms with Crippen LogP contribution in [0.15, 0.2) is 91.0 Å². The molecule has 9 nitrogen and oxygen atoms in total. The Labute approximate surface area is 328 Å². The smallest absolute Gasteiger partial charge is 0.340 e. The number of hydrogen-bond donors (Lipinski definition) is 3. The Kier molecular flexibility index (Phi) is 19.2. The molecule has 0 aromatic heterocycles. The van der Waals surface area contributed by atoms with Crippen LogP contribution in [0.2, 0.25) is 0 Å². The van der Waals surface area contributed by atoms with Crippen LogP contribution in [0.5, 0.6) is 0 Å². The number of ether oxygens (including phenoxy) is 3. The first-order valence-electron chi connectivity index (χ1n) is 19.6. The molecular formula is C44H57BrO9. The highest BCUT2D eigenvalue weighted by atomic mass is 79.9. The molecule has 3 aromatic carbocycles. The van der Waals surface area contributed by atoms with E-state index in [1.165, 1.54) is 38.5 Å². The molecule has 3 N–H and O–H groups in total. The van der Waals surface area contributed by atoms with Crippen LogP contribution in [0.3, 0.4) is 0 Å². The first kappa shape index (κ1) is 43.2. The molecule has 0 aliphatic heterocycles. The van der Waals surface area contributed by atoms with Gasteiger partial charge in [-0.3, -0.25) is 0 Å². The molecule has 0 heterocycles. The van der Waals surface area contributed by atoms with Gasteiger partial charge in [0.25, 0.3) is 0 Å². The summed E-state index contributed by atoms with van der Waals surface area (Å²) in [5, 5.41) is 26.5. The molecule has 10 heteroatoms. The highest BCUT2D eigenvalue weighted by Gasteiger charge is 2.31. The van der Waals surface area contributed by atoms with E-state index in [-0.39, 0.29) is 24.3 Å². The highest BCUT2D eigenvalue weighted by Crippen LogP contribution is 2.31. The summed E-state index contributed by atoms with van der Waals surface area (Å²) in [4.78, 5) is 34.8. The summed E-state index contributed by atoms with van der Waals surface area (Å²) in [6.45, 7) is 0. The predicted molar refractivity (Wildman–Crippen MR) is 211 cm³/mol. The molecule has 0 spiro atoms. The Morgan fingerprint density at radius 1 is 0.500 bits per heavy atom. The topological polar surface area (TPSA) is 140 Å². The van der Waals surface area contributed by atoms with Crippen LogP contribution in [0.4, 0.5) is 0 Å². The van der Waals surface area contributed by atoms with Gasteiger partial charge in [-0.1, -0.05) is 145 Å². The molecule has 0 amide bonds. The van der Waals surface area contributed by atoms with E-state index < -0.39 is 30.3 Å². The van der Waals surface area contributed by atoms with Crippen molar-refractivity contribution in [1.82, 2.24) is 0 Å². The summed E-state index contributed by atoms with van der Waals surface area (Å²) in [6, 6.07) is 27.2. The lowest BCUT2D eigenvalue weighted by Crippen LogP contribution is -2.26. The molecule has 0 bridgehead atoms. The van der Waals surface area contributed by atoms with Gasteiger partial charge >= 0.3 is 17.9 Å². The number of esters is 1. The van der Waals surface area contributed by atoms with Gasteiger partial charge in [-0.25, -0.2) is 14.4 Å². The third-order valence-corrected chi connectivity index (χ3v) is 11.0. The molecule has 294 valence electrons. The Bertz CT molecular complexity index is 1480. The molecule has 4 aliphatic rings. The predicted octanol–water partition coefficient (Wildman–Crippen LogP) is 10.1. The van der Waals surface area contributed by atoms with Crippen LogP contribution >= 0.6 is 15.9 Å². The molecule has 7 rings (SSSR count). The van der Waals surface area contributed by atoms with E-state index in [0.29, 0.717) is 5.56 Å². The first-order chi connectivity index (χ1) is 26.2. The van der Waals surface area contributed by atoms with Gasteiger partial charge in [0.15, 0.2) is 18.3 Å². The zero-order valence-electron chi connectivity index (χ0n) is 31.2. The van der Waals surface area contributed by atoms with Crippen LogP contribution in [0, 0.1) is 0 Å². The van der Waals surface area contributed by atoms with Crippen LogP contribution in [-0.2, 0) is 28.6 Å². The molecule has 4 aliphatic carbocycles. The van der Waals surface area contributed by atoms with Crippen LogP contribution in [0.1, 0.15) is 138 Å². The Morgan fingerprint density at radius 3 is 1.22 bits per heavy atom. The normalized spacial score (nSPS) is 19.2. The van der Waals surface area contributed by atoms with E-state index in [4.69, 9.17) is 29.5 Å². The summed E-state index contributed by atoms with van der Waals surface area (Å²) in [5.74, 6) is -2.34. The monoisotopic (exact) mass is 808 g/mol. The number of carbonyl (C=O) groups is 3. The molecule has 3 aromatic rings. The van der Waals surface area contributed by atoms with Gasteiger partial charge in [0.1, 0.15) is 6.10 Å². The Morgan fingerprint density at radius 2 is 0.852 bits per heavy atom. The number of benzene rings is 3. The lowest BCUT2D eigenvalue weighted by Gasteiger charge is -2.23. The summed E-state index contributed by atoms with van der Waals surface area (Å²) >= 11 is 3.54. The maximum Gasteiger partial charge on any atom is 0.340 e. The summed E-state index contributed by atoms with van der Waals surface area (Å²) < 4.78 is 17.4. The van der Waals surface area contributed by atoms with Crippen molar-refractivity contribution >= 4 is 33.8 Å². The van der Waals surface area contributed by atoms with Gasteiger partial charge in [-0.2, -0.15) is 0 Å². The number of carboxylic acid groups (broad SMARTS) is 2. The molecular weight excluding hydrogens is 752 g/mol. The number of alkyl halides is 1. The Hall–Kier alpha value is -3.57. The lowest BCUT2D eigenvalue weighted by atomic mass is 10.1. The minimum absolute atomic E-state index is 0.0934. The fourth-order valence-electron chi connectivity index (χ4n) is 7.13. The molecule has 0 unspecified atom stereocenters. The molecule has 0 radical (unpaired) electrons. The average molecular weight is 810 g/mol. The molecule has 0 saturated heterocycles. The van der Waals surface area contributed by atoms with Crippen molar-refractivity contribution < 1.29 is 43.9 Å². The minimum atomic E-state index is -1.41. The van der Waals surface area contributed by atoms with Gasteiger partial charge in [-0.15, -0.1) is 0 Å². The fourth-order valence-corrected chi connectivity index (χ4v) is 7.77. The summed E-state index contributed by atoms with van der Waals surface area (Å²) in [6.07, 6.45) is 16.4. The van der Waals surface area contributed by atoms with E-state index in [1.54, 1.807) is 42.5 Å². The van der Waals surface area contributed by atoms with Crippen molar-refractivity contribution in [3.63, 3.8) is 0 Å². The molecule has 4 fully saturated rings. The van der Waals surface area contributed by atoms with Gasteiger partial charge in [0.05, 0.1) is 12.2 Å². The van der Waals surface area contributed by atoms with Crippen molar-refractivity contribution in [2.75, 3.05) is 0 Å². The SMILES string of the molecule is BrC1CCCC1.O=C(O)[C@@H](O)c1ccccc1.O=C(O)[C@@H](OC1CCCC1)c1ccccc1.O=C(OC1CCCC1)[C@@H](OC1CCCC1)c1ccccc1. The number of aliphatic hydroxyl groups is 1. The van der Waals surface area contributed by atoms with E-state index in [2.05, 4.69) is 15.9 Å². The number of aliphatic carboxylic acids is 2. The van der Waals surface area contributed by atoms with E-state index in [0.717, 1.165) is 80.2 Å². The number of carboxylic acids is 2. The zero-order valence-corrected chi connectivity index (χ0v) is 32.8. The van der Waals surface area contributed by atoms with Crippen LogP contribution in [-0.4, -0.2) is 56.4 Å². The van der Waals surface area contributed by atoms with Crippen LogP contribution < -0.4 is 0 Å². The number of carbonyl (C=O) groups excluding carboxylic acids is 1. The van der Waals surface area contributed by atoms with Crippen molar-refractivity contribution in [3.05, 3.63) is 108 Å². The maximum atomic E-state index is 12.5. The van der Waals surface area contributed by atoms with Gasteiger partial charge in [0, 0.05) is 4.83 Å². The highest BCUT2D eigenvalue weighted by molar-refractivity contribution is 9.09. The average Bonchev–Trinajstić information content (AvgIpc) is 4.05. The first-order valence-corrected chi connectivity index (χ1v) is 20.6. The largest absolute Gasteiger partial charge is 0.479 e. The second-order valence-corrected chi connectivity index (χ2v) is 15.7. The third-order valence-electron chi connectivity index (χ3n) is 10.1. The summed E-state index contributed by atoms with van der Waals surface area (Å²) in [7, 11) is 0. The second-order valence-electron chi connectivity index (χ2n) is 14.4. The van der Waals surface area contributed by atoms with Crippen molar-refractivity contribution in [2.45, 2.75) is 144 Å². The fraction of sp³-hybridized carbons (Fsp3) is 0.523. The minimum Gasteiger partial charge on any atom is -0.479 e.